The van der Waals surface area contributed by atoms with Crippen LogP contribution < -0.4 is 0 Å². The van der Waals surface area contributed by atoms with Crippen LogP contribution in [0.5, 0.6) is 0 Å². The number of H-pyrrole nitrogens is 1. The third-order valence-electron chi connectivity index (χ3n) is 4.17. The number of aromatic nitrogens is 1. The lowest BCUT2D eigenvalue weighted by Gasteiger charge is -2.09. The summed E-state index contributed by atoms with van der Waals surface area (Å²) >= 11 is 1.26. The Labute approximate surface area is 162 Å². The maximum Gasteiger partial charge on any atom is 0.212 e. The molecule has 1 aromatic heterocycles. The molecule has 0 aliphatic rings. The second-order valence-electron chi connectivity index (χ2n) is 5.98. The molecule has 27 heavy (non-hydrogen) atoms. The Morgan fingerprint density at radius 2 is 1.44 bits per heavy atom. The fourth-order valence-corrected chi connectivity index (χ4v) is 5.58. The maximum atomic E-state index is 13.3. The quantitative estimate of drug-likeness (QED) is 0.442. The second kappa shape index (κ2) is 7.47. The third kappa shape index (κ3) is 3.70. The van der Waals surface area contributed by atoms with Crippen molar-refractivity contribution in [3.63, 3.8) is 0 Å². The third-order valence-corrected chi connectivity index (χ3v) is 7.45. The van der Waals surface area contributed by atoms with Crippen molar-refractivity contribution in [1.29, 1.82) is 0 Å². The zero-order valence-electron chi connectivity index (χ0n) is 14.4. The normalized spacial score (nSPS) is 12.4. The van der Waals surface area contributed by atoms with E-state index < -0.39 is 9.84 Å². The van der Waals surface area contributed by atoms with Crippen LogP contribution in [0.2, 0.25) is 0 Å². The molecule has 0 unspecified atom stereocenters. The van der Waals surface area contributed by atoms with Gasteiger partial charge in [-0.15, -0.1) is 0 Å². The van der Waals surface area contributed by atoms with Gasteiger partial charge in [-0.1, -0.05) is 66.4 Å². The standard InChI is InChI=1S/C22H17NO2S2/c24-27(25,19-11-5-2-6-12-19)22(26-18-9-3-1-4-10-18)15-17-16-23-21-14-8-7-13-20(17)21/h1-16,23H. The molecule has 1 heterocycles. The molecule has 3 aromatic carbocycles. The molecule has 5 heteroatoms. The van der Waals surface area contributed by atoms with Gasteiger partial charge < -0.3 is 4.98 Å². The summed E-state index contributed by atoms with van der Waals surface area (Å²) in [5, 5.41) is 0.993. The molecular formula is C22H17NO2S2. The number of sulfone groups is 1. The van der Waals surface area contributed by atoms with E-state index in [0.29, 0.717) is 9.13 Å². The van der Waals surface area contributed by atoms with Gasteiger partial charge in [0, 0.05) is 27.6 Å². The van der Waals surface area contributed by atoms with E-state index in [1.165, 1.54) is 11.8 Å². The predicted octanol–water partition coefficient (Wildman–Crippen LogP) is 5.73. The predicted molar refractivity (Wildman–Crippen MR) is 112 cm³/mol. The van der Waals surface area contributed by atoms with Crippen molar-refractivity contribution in [3.05, 3.63) is 101 Å². The zero-order valence-corrected chi connectivity index (χ0v) is 16.0. The SMILES string of the molecule is O=S(=O)(C(=Cc1c[nH]c2ccccc12)Sc1ccccc1)c1ccccc1. The lowest BCUT2D eigenvalue weighted by atomic mass is 10.2. The van der Waals surface area contributed by atoms with Gasteiger partial charge in [0.2, 0.25) is 9.84 Å². The summed E-state index contributed by atoms with van der Waals surface area (Å²) in [7, 11) is -3.63. The minimum absolute atomic E-state index is 0.291. The highest BCUT2D eigenvalue weighted by Gasteiger charge is 2.22. The van der Waals surface area contributed by atoms with Gasteiger partial charge in [0.15, 0.2) is 0 Å². The van der Waals surface area contributed by atoms with Crippen molar-refractivity contribution in [3.8, 4) is 0 Å². The first-order valence-corrected chi connectivity index (χ1v) is 10.8. The van der Waals surface area contributed by atoms with E-state index in [2.05, 4.69) is 4.98 Å². The molecule has 0 spiro atoms. The summed E-state index contributed by atoms with van der Waals surface area (Å²) < 4.78 is 26.9. The van der Waals surface area contributed by atoms with E-state index in [-0.39, 0.29) is 0 Å². The molecule has 0 aliphatic heterocycles. The summed E-state index contributed by atoms with van der Waals surface area (Å²) in [6.07, 6.45) is 3.59. The smallest absolute Gasteiger partial charge is 0.212 e. The van der Waals surface area contributed by atoms with Gasteiger partial charge >= 0.3 is 0 Å². The maximum absolute atomic E-state index is 13.3. The molecule has 0 bridgehead atoms. The van der Waals surface area contributed by atoms with Crippen molar-refractivity contribution < 1.29 is 8.42 Å². The molecule has 4 rings (SSSR count). The highest BCUT2D eigenvalue weighted by Crippen LogP contribution is 2.36. The number of benzene rings is 3. The van der Waals surface area contributed by atoms with Crippen molar-refractivity contribution >= 4 is 38.6 Å². The molecule has 0 saturated heterocycles. The molecule has 0 radical (unpaired) electrons. The van der Waals surface area contributed by atoms with Gasteiger partial charge in [0.1, 0.15) is 4.24 Å². The van der Waals surface area contributed by atoms with Crippen molar-refractivity contribution in [2.45, 2.75) is 9.79 Å². The molecule has 0 fully saturated rings. The second-order valence-corrected chi connectivity index (χ2v) is 9.28. The minimum atomic E-state index is -3.63. The van der Waals surface area contributed by atoms with Crippen molar-refractivity contribution in [2.75, 3.05) is 0 Å². The average Bonchev–Trinajstić information content (AvgIpc) is 3.12. The Kier molecular flexibility index (Phi) is 4.88. The Morgan fingerprint density at radius 1 is 0.815 bits per heavy atom. The largest absolute Gasteiger partial charge is 0.361 e. The number of rotatable bonds is 5. The zero-order chi connectivity index (χ0) is 18.7. The number of fused-ring (bicyclic) bond motifs is 1. The average molecular weight is 392 g/mol. The van der Waals surface area contributed by atoms with Gasteiger partial charge in [0.25, 0.3) is 0 Å². The lowest BCUT2D eigenvalue weighted by molar-refractivity contribution is 0.604. The van der Waals surface area contributed by atoms with Gasteiger partial charge in [-0.2, -0.15) is 0 Å². The summed E-state index contributed by atoms with van der Waals surface area (Å²) in [5.41, 5.74) is 1.83. The number of aromatic amines is 1. The van der Waals surface area contributed by atoms with E-state index in [1.54, 1.807) is 30.3 Å². The molecule has 3 nitrogen and oxygen atoms in total. The number of hydrogen-bond donors (Lipinski definition) is 1. The molecule has 134 valence electrons. The van der Waals surface area contributed by atoms with E-state index in [9.17, 15) is 8.42 Å². The van der Waals surface area contributed by atoms with Crippen LogP contribution in [-0.4, -0.2) is 13.4 Å². The van der Waals surface area contributed by atoms with Crippen LogP contribution in [0.4, 0.5) is 0 Å². The Bertz CT molecular complexity index is 1190. The van der Waals surface area contributed by atoms with Gasteiger partial charge in [-0.25, -0.2) is 8.42 Å². The topological polar surface area (TPSA) is 49.9 Å². The van der Waals surface area contributed by atoms with Crippen LogP contribution in [0.1, 0.15) is 5.56 Å². The van der Waals surface area contributed by atoms with Crippen molar-refractivity contribution in [2.24, 2.45) is 0 Å². The summed E-state index contributed by atoms with van der Waals surface area (Å²) in [6.45, 7) is 0. The first-order chi connectivity index (χ1) is 13.1. The van der Waals surface area contributed by atoms with Gasteiger partial charge in [-0.05, 0) is 36.4 Å². The Balaban J connectivity index is 1.86. The highest BCUT2D eigenvalue weighted by molar-refractivity contribution is 8.19. The van der Waals surface area contributed by atoms with Crippen LogP contribution in [0, 0.1) is 0 Å². The van der Waals surface area contributed by atoms with Crippen molar-refractivity contribution in [1.82, 2.24) is 4.98 Å². The van der Waals surface area contributed by atoms with Gasteiger partial charge in [-0.3, -0.25) is 0 Å². The van der Waals surface area contributed by atoms with E-state index in [1.807, 2.05) is 66.9 Å². The van der Waals surface area contributed by atoms with Crippen LogP contribution in [0.15, 0.2) is 105 Å². The van der Waals surface area contributed by atoms with E-state index in [0.717, 1.165) is 21.4 Å². The van der Waals surface area contributed by atoms with Crippen LogP contribution in [0.25, 0.3) is 17.0 Å². The summed E-state index contributed by atoms with van der Waals surface area (Å²) in [4.78, 5) is 4.37. The monoisotopic (exact) mass is 391 g/mol. The molecule has 0 aliphatic carbocycles. The number of hydrogen-bond acceptors (Lipinski definition) is 3. The Morgan fingerprint density at radius 3 is 2.19 bits per heavy atom. The lowest BCUT2D eigenvalue weighted by Crippen LogP contribution is -2.02. The van der Waals surface area contributed by atoms with E-state index in [4.69, 9.17) is 0 Å². The van der Waals surface area contributed by atoms with Gasteiger partial charge in [0.05, 0.1) is 4.90 Å². The fourth-order valence-electron chi connectivity index (χ4n) is 2.82. The van der Waals surface area contributed by atoms with Crippen LogP contribution >= 0.6 is 11.8 Å². The first kappa shape index (κ1) is 17.6. The van der Waals surface area contributed by atoms with Crippen LogP contribution in [-0.2, 0) is 9.84 Å². The Hall–Kier alpha value is -2.76. The highest BCUT2D eigenvalue weighted by atomic mass is 32.3. The molecule has 1 N–H and O–H groups in total. The first-order valence-electron chi connectivity index (χ1n) is 8.45. The minimum Gasteiger partial charge on any atom is -0.361 e. The summed E-state index contributed by atoms with van der Waals surface area (Å²) in [6, 6.07) is 26.0. The van der Waals surface area contributed by atoms with E-state index >= 15 is 0 Å². The number of para-hydroxylation sites is 1. The van der Waals surface area contributed by atoms with Crippen LogP contribution in [0.3, 0.4) is 0 Å². The molecular weight excluding hydrogens is 374 g/mol. The molecule has 0 atom stereocenters. The molecule has 0 saturated carbocycles. The molecule has 0 amide bonds. The summed E-state index contributed by atoms with van der Waals surface area (Å²) in [5.74, 6) is 0. The number of nitrogens with one attached hydrogen (secondary N) is 1. The number of thioether (sulfide) groups is 1. The molecule has 4 aromatic rings. The fraction of sp³-hybridized carbons (Fsp3) is 0.